The molecule has 2 atom stereocenters. The summed E-state index contributed by atoms with van der Waals surface area (Å²) in [7, 11) is 1.71. The highest BCUT2D eigenvalue weighted by Gasteiger charge is 2.45. The highest BCUT2D eigenvalue weighted by atomic mass is 79.9. The minimum atomic E-state index is -0.990. The first-order valence-electron chi connectivity index (χ1n) is 13.3. The molecule has 1 aromatic heterocycles. The van der Waals surface area contributed by atoms with Gasteiger partial charge in [-0.15, -0.1) is 0 Å². The summed E-state index contributed by atoms with van der Waals surface area (Å²) < 4.78 is 8.70. The number of allylic oxidation sites excluding steroid dienone is 1. The Kier molecular flexibility index (Phi) is 7.97. The number of nitrogens with two attached hydrogens (primary N) is 2. The smallest absolute Gasteiger partial charge is 0.339 e. The van der Waals surface area contributed by atoms with Gasteiger partial charge in [-0.25, -0.2) is 15.3 Å². The fourth-order valence-corrected chi connectivity index (χ4v) is 5.65. The lowest BCUT2D eigenvalue weighted by Crippen LogP contribution is -2.25. The molecule has 5 N–H and O–H groups in total. The van der Waals surface area contributed by atoms with Gasteiger partial charge in [0.25, 0.3) is 0 Å². The Morgan fingerprint density at radius 3 is 2.74 bits per heavy atom. The van der Waals surface area contributed by atoms with Crippen LogP contribution in [-0.2, 0) is 13.1 Å². The Bertz CT molecular complexity index is 1380. The highest BCUT2D eigenvalue weighted by Crippen LogP contribution is 2.51. The van der Waals surface area contributed by atoms with E-state index in [0.717, 1.165) is 46.5 Å². The molecule has 0 radical (unpaired) electrons. The minimum Gasteiger partial charge on any atom is -0.494 e. The Labute approximate surface area is 237 Å². The molecule has 2 aliphatic carbocycles. The number of hydrogen-bond acceptors (Lipinski definition) is 7. The number of carbonyl (C=O) groups is 1. The molecule has 5 rings (SSSR count). The molecule has 0 aliphatic heterocycles. The van der Waals surface area contributed by atoms with E-state index in [1.165, 1.54) is 24.0 Å². The molecule has 9 nitrogen and oxygen atoms in total. The van der Waals surface area contributed by atoms with E-state index in [9.17, 15) is 9.90 Å². The van der Waals surface area contributed by atoms with Crippen LogP contribution in [0.4, 0.5) is 0 Å². The maximum Gasteiger partial charge on any atom is 0.339 e. The van der Waals surface area contributed by atoms with Crippen LogP contribution in [0.15, 0.2) is 65.0 Å². The van der Waals surface area contributed by atoms with E-state index in [2.05, 4.69) is 44.1 Å². The van der Waals surface area contributed by atoms with Gasteiger partial charge in [-0.2, -0.15) is 5.10 Å². The summed E-state index contributed by atoms with van der Waals surface area (Å²) in [5.74, 6) is 5.66. The van der Waals surface area contributed by atoms with Crippen molar-refractivity contribution in [2.45, 2.75) is 51.2 Å². The maximum absolute atomic E-state index is 12.1. The number of benzene rings is 2. The molecule has 206 valence electrons. The van der Waals surface area contributed by atoms with Crippen LogP contribution in [0.1, 0.15) is 59.3 Å². The lowest BCUT2D eigenvalue weighted by Gasteiger charge is -2.24. The standard InChI is InChI=1S/C29H35BrN6O3/c1-3-39-27-10-7-20(30)12-19(27)16-35(21-8-9-21)15-18-5-4-6-22(11-18)36-28(25(14-33-36)29(37)38)24-13-23(24)26(31)17-34(2)32/h4-7,10-12,14,17,21,23-24H,3,8-9,13,15-16,31-32H2,1-2H3,(H,37,38)/b26-17-/t23?,24-/m1/s1. The summed E-state index contributed by atoms with van der Waals surface area (Å²) in [5, 5.41) is 15.8. The summed E-state index contributed by atoms with van der Waals surface area (Å²) in [4.78, 5) is 14.6. The zero-order valence-corrected chi connectivity index (χ0v) is 23.8. The molecule has 2 aromatic carbocycles. The zero-order valence-electron chi connectivity index (χ0n) is 22.3. The van der Waals surface area contributed by atoms with Gasteiger partial charge in [-0.1, -0.05) is 28.1 Å². The van der Waals surface area contributed by atoms with Crippen LogP contribution in [-0.4, -0.2) is 50.5 Å². The van der Waals surface area contributed by atoms with Gasteiger partial charge in [-0.3, -0.25) is 4.90 Å². The number of nitrogens with zero attached hydrogens (tertiary/aromatic N) is 4. The molecule has 0 amide bonds. The van der Waals surface area contributed by atoms with Gasteiger partial charge in [0.2, 0.25) is 0 Å². The van der Waals surface area contributed by atoms with Crippen molar-refractivity contribution < 1.29 is 14.6 Å². The summed E-state index contributed by atoms with van der Waals surface area (Å²) in [6.45, 7) is 4.17. The van der Waals surface area contributed by atoms with E-state index in [4.69, 9.17) is 16.3 Å². The highest BCUT2D eigenvalue weighted by molar-refractivity contribution is 9.10. The third-order valence-electron chi connectivity index (χ3n) is 7.26. The lowest BCUT2D eigenvalue weighted by molar-refractivity contribution is 0.0695. The summed E-state index contributed by atoms with van der Waals surface area (Å²) >= 11 is 3.61. The fraction of sp³-hybridized carbons (Fsp3) is 0.379. The minimum absolute atomic E-state index is 0.0304. The number of rotatable bonds is 12. The molecule has 1 heterocycles. The van der Waals surface area contributed by atoms with Crippen LogP contribution < -0.4 is 16.3 Å². The van der Waals surface area contributed by atoms with E-state index in [1.807, 2.05) is 31.2 Å². The number of hydrazine groups is 1. The van der Waals surface area contributed by atoms with Crippen molar-refractivity contribution in [3.63, 3.8) is 0 Å². The third-order valence-corrected chi connectivity index (χ3v) is 7.75. The number of aromatic carboxylic acids is 1. The van der Waals surface area contributed by atoms with Crippen LogP contribution >= 0.6 is 15.9 Å². The Morgan fingerprint density at radius 2 is 2.05 bits per heavy atom. The Hall–Kier alpha value is -3.34. The predicted octanol–water partition coefficient (Wildman–Crippen LogP) is 4.61. The second kappa shape index (κ2) is 11.4. The summed E-state index contributed by atoms with van der Waals surface area (Å²) in [6.07, 6.45) is 6.23. The van der Waals surface area contributed by atoms with E-state index in [1.54, 1.807) is 17.9 Å². The SMILES string of the molecule is CCOc1ccc(Br)cc1CN(Cc1cccc(-n2ncc(C(=O)O)c2[C@@H]2CC2/C(N)=C/N(C)N)c1)C1CC1. The van der Waals surface area contributed by atoms with Crippen molar-refractivity contribution in [2.24, 2.45) is 17.5 Å². The van der Waals surface area contributed by atoms with Gasteiger partial charge in [0.15, 0.2) is 0 Å². The average Bonchev–Trinajstić information content (AvgIpc) is 3.82. The van der Waals surface area contributed by atoms with Crippen molar-refractivity contribution in [1.82, 2.24) is 19.7 Å². The fourth-order valence-electron chi connectivity index (χ4n) is 5.24. The van der Waals surface area contributed by atoms with E-state index >= 15 is 0 Å². The molecule has 2 fully saturated rings. The molecule has 39 heavy (non-hydrogen) atoms. The topological polar surface area (TPSA) is 123 Å². The zero-order chi connectivity index (χ0) is 27.7. The molecule has 0 bridgehead atoms. The normalized spacial score (nSPS) is 18.8. The number of carboxylic acids is 1. The van der Waals surface area contributed by atoms with E-state index in [-0.39, 0.29) is 17.4 Å². The van der Waals surface area contributed by atoms with Crippen molar-refractivity contribution in [3.05, 3.63) is 87.4 Å². The molecule has 2 saturated carbocycles. The van der Waals surface area contributed by atoms with Gasteiger partial charge >= 0.3 is 5.97 Å². The van der Waals surface area contributed by atoms with Crippen LogP contribution in [0.2, 0.25) is 0 Å². The molecule has 0 spiro atoms. The monoisotopic (exact) mass is 594 g/mol. The number of aromatic nitrogens is 2. The first-order valence-corrected chi connectivity index (χ1v) is 14.0. The van der Waals surface area contributed by atoms with E-state index < -0.39 is 5.97 Å². The van der Waals surface area contributed by atoms with Gasteiger partial charge in [-0.05, 0) is 62.1 Å². The molecule has 2 aliphatic rings. The van der Waals surface area contributed by atoms with E-state index in [0.29, 0.717) is 24.0 Å². The molecular formula is C29H35BrN6O3. The Balaban J connectivity index is 1.41. The second-order valence-corrected chi connectivity index (χ2v) is 11.3. The van der Waals surface area contributed by atoms with Gasteiger partial charge in [0, 0.05) is 59.9 Å². The molecule has 1 unspecified atom stereocenters. The van der Waals surface area contributed by atoms with Crippen LogP contribution in [0, 0.1) is 5.92 Å². The predicted molar refractivity (Wildman–Crippen MR) is 153 cm³/mol. The third kappa shape index (κ3) is 6.29. The molecule has 0 saturated heterocycles. The second-order valence-electron chi connectivity index (χ2n) is 10.4. The molecule has 3 aromatic rings. The quantitative estimate of drug-likeness (QED) is 0.205. The van der Waals surface area contributed by atoms with Crippen molar-refractivity contribution in [3.8, 4) is 11.4 Å². The number of halogens is 1. The first kappa shape index (κ1) is 27.2. The molecule has 10 heteroatoms. The van der Waals surface area contributed by atoms with Gasteiger partial charge < -0.3 is 20.6 Å². The lowest BCUT2D eigenvalue weighted by atomic mass is 10.1. The summed E-state index contributed by atoms with van der Waals surface area (Å²) in [6, 6.07) is 14.9. The van der Waals surface area contributed by atoms with Crippen molar-refractivity contribution in [1.29, 1.82) is 0 Å². The van der Waals surface area contributed by atoms with Gasteiger partial charge in [0.05, 0.1) is 24.2 Å². The summed E-state index contributed by atoms with van der Waals surface area (Å²) in [5.41, 5.74) is 10.9. The Morgan fingerprint density at radius 1 is 1.26 bits per heavy atom. The van der Waals surface area contributed by atoms with Crippen LogP contribution in [0.25, 0.3) is 5.69 Å². The largest absolute Gasteiger partial charge is 0.494 e. The van der Waals surface area contributed by atoms with Crippen molar-refractivity contribution in [2.75, 3.05) is 13.7 Å². The van der Waals surface area contributed by atoms with Crippen LogP contribution in [0.5, 0.6) is 5.75 Å². The molecular weight excluding hydrogens is 560 g/mol. The number of ether oxygens (including phenoxy) is 1. The first-order chi connectivity index (χ1) is 18.7. The van der Waals surface area contributed by atoms with Gasteiger partial charge in [0.1, 0.15) is 11.3 Å². The van der Waals surface area contributed by atoms with Crippen molar-refractivity contribution >= 4 is 21.9 Å². The maximum atomic E-state index is 12.1. The van der Waals surface area contributed by atoms with Crippen LogP contribution in [0.3, 0.4) is 0 Å². The number of carboxylic acid groups (broad SMARTS) is 1. The number of hydrogen-bond donors (Lipinski definition) is 3. The average molecular weight is 596 g/mol.